The topological polar surface area (TPSA) is 58.9 Å². The molecular weight excluding hydrogens is 232 g/mol. The highest BCUT2D eigenvalue weighted by Gasteiger charge is 2.14. The molecule has 0 bridgehead atoms. The van der Waals surface area contributed by atoms with E-state index in [2.05, 4.69) is 0 Å². The van der Waals surface area contributed by atoms with Crippen LogP contribution < -0.4 is 9.47 Å². The van der Waals surface area contributed by atoms with Crippen molar-refractivity contribution in [2.24, 2.45) is 5.92 Å². The van der Waals surface area contributed by atoms with Gasteiger partial charge in [0.05, 0.1) is 19.3 Å². The third-order valence-corrected chi connectivity index (χ3v) is 2.85. The fourth-order valence-corrected chi connectivity index (χ4v) is 1.48. The maximum Gasteiger partial charge on any atom is 0.128 e. The summed E-state index contributed by atoms with van der Waals surface area (Å²) < 4.78 is 10.7. The maximum atomic E-state index is 9.73. The Hall–Kier alpha value is -1.26. The zero-order valence-corrected chi connectivity index (χ0v) is 11.4. The highest BCUT2D eigenvalue weighted by atomic mass is 16.5. The first-order valence-electron chi connectivity index (χ1n) is 6.12. The first kappa shape index (κ1) is 14.8. The Morgan fingerprint density at radius 1 is 1.17 bits per heavy atom. The van der Waals surface area contributed by atoms with Gasteiger partial charge in [0.1, 0.15) is 18.1 Å². The van der Waals surface area contributed by atoms with Crippen molar-refractivity contribution in [3.8, 4) is 11.5 Å². The summed E-state index contributed by atoms with van der Waals surface area (Å²) in [5.74, 6) is 1.34. The smallest absolute Gasteiger partial charge is 0.128 e. The first-order valence-corrected chi connectivity index (χ1v) is 6.12. The van der Waals surface area contributed by atoms with Gasteiger partial charge in [0.15, 0.2) is 0 Å². The molecule has 0 radical (unpaired) electrons. The molecule has 0 fully saturated rings. The number of aliphatic hydroxyl groups excluding tert-OH is 2. The van der Waals surface area contributed by atoms with Gasteiger partial charge in [-0.05, 0) is 25.0 Å². The van der Waals surface area contributed by atoms with Gasteiger partial charge in [0, 0.05) is 11.6 Å². The number of hydrogen-bond acceptors (Lipinski definition) is 4. The third-order valence-electron chi connectivity index (χ3n) is 2.85. The van der Waals surface area contributed by atoms with E-state index in [1.807, 2.05) is 13.8 Å². The molecule has 2 unspecified atom stereocenters. The summed E-state index contributed by atoms with van der Waals surface area (Å²) in [6.45, 7) is 5.72. The number of aliphatic hydroxyl groups is 2. The molecular formula is C14H22O4. The summed E-state index contributed by atoms with van der Waals surface area (Å²) in [6, 6.07) is 5.25. The molecule has 102 valence electrons. The molecule has 2 atom stereocenters. The van der Waals surface area contributed by atoms with E-state index in [9.17, 15) is 10.2 Å². The lowest BCUT2D eigenvalue weighted by molar-refractivity contribution is 0.0681. The van der Waals surface area contributed by atoms with Gasteiger partial charge < -0.3 is 19.7 Å². The molecule has 18 heavy (non-hydrogen) atoms. The third kappa shape index (κ3) is 3.89. The summed E-state index contributed by atoms with van der Waals surface area (Å²) in [6.07, 6.45) is -1.15. The van der Waals surface area contributed by atoms with Crippen molar-refractivity contribution in [1.82, 2.24) is 0 Å². The van der Waals surface area contributed by atoms with E-state index in [-0.39, 0.29) is 12.5 Å². The highest BCUT2D eigenvalue weighted by Crippen LogP contribution is 2.29. The molecule has 1 aromatic carbocycles. The van der Waals surface area contributed by atoms with Gasteiger partial charge in [0.2, 0.25) is 0 Å². The van der Waals surface area contributed by atoms with E-state index in [4.69, 9.17) is 9.47 Å². The van der Waals surface area contributed by atoms with E-state index >= 15 is 0 Å². The number of ether oxygens (including phenoxy) is 2. The van der Waals surface area contributed by atoms with Crippen LogP contribution in [0.4, 0.5) is 0 Å². The van der Waals surface area contributed by atoms with Crippen molar-refractivity contribution in [2.45, 2.75) is 33.0 Å². The van der Waals surface area contributed by atoms with Crippen molar-refractivity contribution in [1.29, 1.82) is 0 Å². The fourth-order valence-electron chi connectivity index (χ4n) is 1.48. The maximum absolute atomic E-state index is 9.73. The van der Waals surface area contributed by atoms with Crippen molar-refractivity contribution in [3.05, 3.63) is 23.8 Å². The normalized spacial score (nSPS) is 14.4. The average molecular weight is 254 g/mol. The van der Waals surface area contributed by atoms with Crippen LogP contribution in [0.15, 0.2) is 18.2 Å². The lowest BCUT2D eigenvalue weighted by Crippen LogP contribution is -2.23. The van der Waals surface area contributed by atoms with Gasteiger partial charge >= 0.3 is 0 Å². The molecule has 4 nitrogen and oxygen atoms in total. The van der Waals surface area contributed by atoms with Gasteiger partial charge in [-0.25, -0.2) is 0 Å². The zero-order valence-electron chi connectivity index (χ0n) is 11.4. The van der Waals surface area contributed by atoms with Gasteiger partial charge in [-0.15, -0.1) is 0 Å². The Kier molecular flexibility index (Phi) is 5.44. The molecule has 0 aliphatic carbocycles. The second-order valence-electron chi connectivity index (χ2n) is 4.70. The lowest BCUT2D eigenvalue weighted by Gasteiger charge is -2.18. The minimum atomic E-state index is -0.623. The van der Waals surface area contributed by atoms with E-state index in [1.54, 1.807) is 32.2 Å². The van der Waals surface area contributed by atoms with Crippen LogP contribution in [-0.2, 0) is 0 Å². The first-order chi connectivity index (χ1) is 8.45. The fraction of sp³-hybridized carbons (Fsp3) is 0.571. The van der Waals surface area contributed by atoms with E-state index < -0.39 is 12.2 Å². The van der Waals surface area contributed by atoms with Crippen LogP contribution in [0.5, 0.6) is 11.5 Å². The van der Waals surface area contributed by atoms with E-state index in [0.717, 1.165) is 0 Å². The molecule has 0 aliphatic heterocycles. The molecule has 1 rings (SSSR count). The van der Waals surface area contributed by atoms with Crippen LogP contribution in [0.2, 0.25) is 0 Å². The molecule has 0 spiro atoms. The summed E-state index contributed by atoms with van der Waals surface area (Å²) >= 11 is 0. The van der Waals surface area contributed by atoms with Gasteiger partial charge in [-0.3, -0.25) is 0 Å². The Bertz CT molecular complexity index is 374. The molecule has 0 saturated heterocycles. The van der Waals surface area contributed by atoms with Crippen LogP contribution in [0.3, 0.4) is 0 Å². The SMILES string of the molecule is COc1ccc(C(C)O)c(OCC(O)C(C)C)c1. The summed E-state index contributed by atoms with van der Waals surface area (Å²) in [5.41, 5.74) is 0.687. The predicted molar refractivity (Wildman–Crippen MR) is 70.0 cm³/mol. The van der Waals surface area contributed by atoms with Crippen LogP contribution in [-0.4, -0.2) is 30.0 Å². The standard InChI is InChI=1S/C14H22O4/c1-9(2)13(16)8-18-14-7-11(17-4)5-6-12(14)10(3)15/h5-7,9-10,13,15-16H,8H2,1-4H3. The zero-order chi connectivity index (χ0) is 13.7. The molecule has 0 aliphatic rings. The number of rotatable bonds is 6. The largest absolute Gasteiger partial charge is 0.497 e. The minimum absolute atomic E-state index is 0.130. The Morgan fingerprint density at radius 3 is 2.33 bits per heavy atom. The molecule has 0 amide bonds. The van der Waals surface area contributed by atoms with E-state index in [0.29, 0.717) is 17.1 Å². The minimum Gasteiger partial charge on any atom is -0.497 e. The predicted octanol–water partition coefficient (Wildman–Crippen LogP) is 2.14. The van der Waals surface area contributed by atoms with Gasteiger partial charge in [-0.1, -0.05) is 13.8 Å². The Morgan fingerprint density at radius 2 is 1.83 bits per heavy atom. The van der Waals surface area contributed by atoms with Gasteiger partial charge in [-0.2, -0.15) is 0 Å². The van der Waals surface area contributed by atoms with Crippen molar-refractivity contribution in [2.75, 3.05) is 13.7 Å². The van der Waals surface area contributed by atoms with Crippen molar-refractivity contribution < 1.29 is 19.7 Å². The quantitative estimate of drug-likeness (QED) is 0.816. The van der Waals surface area contributed by atoms with Crippen molar-refractivity contribution in [3.63, 3.8) is 0 Å². The highest BCUT2D eigenvalue weighted by molar-refractivity contribution is 5.41. The molecule has 2 N–H and O–H groups in total. The van der Waals surface area contributed by atoms with Crippen LogP contribution >= 0.6 is 0 Å². The van der Waals surface area contributed by atoms with Crippen LogP contribution in [0.1, 0.15) is 32.4 Å². The van der Waals surface area contributed by atoms with Crippen LogP contribution in [0.25, 0.3) is 0 Å². The molecule has 4 heteroatoms. The van der Waals surface area contributed by atoms with Gasteiger partial charge in [0.25, 0.3) is 0 Å². The Balaban J connectivity index is 2.84. The number of benzene rings is 1. The molecule has 0 heterocycles. The number of methoxy groups -OCH3 is 1. The molecule has 0 aromatic heterocycles. The second-order valence-corrected chi connectivity index (χ2v) is 4.70. The lowest BCUT2D eigenvalue weighted by atomic mass is 10.1. The average Bonchev–Trinajstić information content (AvgIpc) is 2.34. The number of hydrogen-bond donors (Lipinski definition) is 2. The summed E-state index contributed by atoms with van der Waals surface area (Å²) in [5, 5.41) is 19.4. The molecule has 0 saturated carbocycles. The van der Waals surface area contributed by atoms with E-state index in [1.165, 1.54) is 0 Å². The van der Waals surface area contributed by atoms with Crippen molar-refractivity contribution >= 4 is 0 Å². The second kappa shape index (κ2) is 6.61. The summed E-state index contributed by atoms with van der Waals surface area (Å²) in [4.78, 5) is 0. The summed E-state index contributed by atoms with van der Waals surface area (Å²) in [7, 11) is 1.57. The van der Waals surface area contributed by atoms with Crippen LogP contribution in [0, 0.1) is 5.92 Å². The monoisotopic (exact) mass is 254 g/mol. The Labute approximate surface area is 108 Å². The molecule has 1 aromatic rings.